The molecule has 1 heterocycles. The molecule has 2 bridgehead atoms. The van der Waals surface area contributed by atoms with Crippen LogP contribution in [-0.2, 0) is 18.2 Å². The minimum Gasteiger partial charge on any atom is -0.274 e. The number of rotatable bonds is 1. The first-order valence-electron chi connectivity index (χ1n) is 9.72. The van der Waals surface area contributed by atoms with Crippen LogP contribution in [0.5, 0.6) is 0 Å². The second-order valence-electron chi connectivity index (χ2n) is 8.08. The molecular formula is C24H13Br2Cl2NO2. The lowest BCUT2D eigenvalue weighted by atomic mass is 9.54. The van der Waals surface area contributed by atoms with Crippen molar-refractivity contribution in [3.8, 4) is 0 Å². The van der Waals surface area contributed by atoms with Crippen molar-refractivity contribution >= 4 is 72.6 Å². The molecule has 3 aromatic carbocycles. The van der Waals surface area contributed by atoms with Crippen LogP contribution in [0.2, 0.25) is 10.0 Å². The normalized spacial score (nSPS) is 30.3. The highest BCUT2D eigenvalue weighted by molar-refractivity contribution is 9.10. The topological polar surface area (TPSA) is 37.4 Å². The number of alkyl halides is 2. The number of anilines is 1. The van der Waals surface area contributed by atoms with Gasteiger partial charge in [0.15, 0.2) is 0 Å². The zero-order chi connectivity index (χ0) is 21.7. The molecule has 1 aliphatic heterocycles. The van der Waals surface area contributed by atoms with E-state index in [1.54, 1.807) is 18.2 Å². The maximum Gasteiger partial charge on any atom is 0.239 e. The molecule has 0 spiro atoms. The zero-order valence-electron chi connectivity index (χ0n) is 15.8. The molecule has 1 fully saturated rings. The highest BCUT2D eigenvalue weighted by Gasteiger charge is 2.72. The lowest BCUT2D eigenvalue weighted by Crippen LogP contribution is -2.56. The summed E-state index contributed by atoms with van der Waals surface area (Å²) in [6.45, 7) is 0. The molecule has 2 atom stereocenters. The van der Waals surface area contributed by atoms with Crippen molar-refractivity contribution in [2.75, 3.05) is 4.90 Å². The van der Waals surface area contributed by atoms with Crippen molar-refractivity contribution < 1.29 is 9.59 Å². The quantitative estimate of drug-likeness (QED) is 0.248. The van der Waals surface area contributed by atoms with Crippen molar-refractivity contribution in [3.63, 3.8) is 0 Å². The first-order valence-corrected chi connectivity index (χ1v) is 12.1. The van der Waals surface area contributed by atoms with E-state index in [0.29, 0.717) is 15.7 Å². The van der Waals surface area contributed by atoms with Gasteiger partial charge in [0.05, 0.1) is 31.2 Å². The lowest BCUT2D eigenvalue weighted by Gasteiger charge is -2.55. The van der Waals surface area contributed by atoms with E-state index in [0.717, 1.165) is 22.3 Å². The van der Waals surface area contributed by atoms with Crippen LogP contribution in [0.25, 0.3) is 0 Å². The summed E-state index contributed by atoms with van der Waals surface area (Å²) in [7, 11) is 0. The van der Waals surface area contributed by atoms with Gasteiger partial charge in [-0.15, -0.1) is 0 Å². The molecular weight excluding hydrogens is 565 g/mol. The van der Waals surface area contributed by atoms with Crippen LogP contribution in [0.1, 0.15) is 22.3 Å². The van der Waals surface area contributed by atoms with Crippen molar-refractivity contribution in [1.29, 1.82) is 0 Å². The summed E-state index contributed by atoms with van der Waals surface area (Å²) in [5.41, 5.74) is 4.29. The van der Waals surface area contributed by atoms with Crippen molar-refractivity contribution in [1.82, 2.24) is 0 Å². The molecule has 2 amide bonds. The van der Waals surface area contributed by atoms with E-state index in [2.05, 4.69) is 31.9 Å². The summed E-state index contributed by atoms with van der Waals surface area (Å²) in [4.78, 5) is 29.1. The Morgan fingerprint density at radius 1 is 0.710 bits per heavy atom. The van der Waals surface area contributed by atoms with Gasteiger partial charge in [-0.3, -0.25) is 9.59 Å². The molecule has 0 saturated carbocycles. The van der Waals surface area contributed by atoms with Crippen LogP contribution < -0.4 is 4.90 Å². The highest BCUT2D eigenvalue weighted by Crippen LogP contribution is 2.71. The molecule has 7 rings (SSSR count). The number of benzene rings is 3. The van der Waals surface area contributed by atoms with Gasteiger partial charge in [0.25, 0.3) is 0 Å². The van der Waals surface area contributed by atoms with Gasteiger partial charge in [0, 0.05) is 5.02 Å². The minimum absolute atomic E-state index is 0.288. The fraction of sp³-hybridized carbons (Fsp3) is 0.167. The summed E-state index contributed by atoms with van der Waals surface area (Å²) in [6, 6.07) is 20.8. The second-order valence-corrected chi connectivity index (χ2v) is 11.4. The van der Waals surface area contributed by atoms with Crippen LogP contribution in [0.15, 0.2) is 66.7 Å². The van der Waals surface area contributed by atoms with Crippen LogP contribution in [0.4, 0.5) is 5.69 Å². The molecule has 3 aromatic rings. The fourth-order valence-electron chi connectivity index (χ4n) is 5.56. The molecule has 7 heteroatoms. The third-order valence-electron chi connectivity index (χ3n) is 6.73. The van der Waals surface area contributed by atoms with Gasteiger partial charge in [-0.2, -0.15) is 0 Å². The third kappa shape index (κ3) is 2.26. The van der Waals surface area contributed by atoms with E-state index in [1.165, 1.54) is 4.90 Å². The molecule has 3 nitrogen and oxygen atoms in total. The summed E-state index contributed by atoms with van der Waals surface area (Å²) >= 11 is 20.6. The number of imide groups is 1. The number of amides is 2. The smallest absolute Gasteiger partial charge is 0.239 e. The number of nitrogens with zero attached hydrogens (tertiary/aromatic N) is 1. The van der Waals surface area contributed by atoms with Crippen molar-refractivity contribution in [2.45, 2.75) is 8.65 Å². The van der Waals surface area contributed by atoms with Crippen molar-refractivity contribution in [2.24, 2.45) is 11.8 Å². The predicted molar refractivity (Wildman–Crippen MR) is 128 cm³/mol. The number of halogens is 4. The highest BCUT2D eigenvalue weighted by atomic mass is 79.9. The Bertz CT molecular complexity index is 1200. The molecule has 31 heavy (non-hydrogen) atoms. The summed E-state index contributed by atoms with van der Waals surface area (Å²) in [5.74, 6) is -1.86. The Morgan fingerprint density at radius 3 is 1.55 bits per heavy atom. The molecule has 0 N–H and O–H groups in total. The van der Waals surface area contributed by atoms with Crippen LogP contribution in [0, 0.1) is 11.8 Å². The molecule has 0 radical (unpaired) electrons. The number of carbonyl (C=O) groups excluding carboxylic acids is 2. The summed E-state index contributed by atoms with van der Waals surface area (Å²) < 4.78 is -1.65. The van der Waals surface area contributed by atoms with E-state index >= 15 is 0 Å². The second kappa shape index (κ2) is 6.44. The summed E-state index contributed by atoms with van der Waals surface area (Å²) in [5, 5.41) is 0.714. The van der Waals surface area contributed by atoms with E-state index in [4.69, 9.17) is 23.2 Å². The van der Waals surface area contributed by atoms with Gasteiger partial charge in [0.1, 0.15) is 0 Å². The van der Waals surface area contributed by atoms with E-state index < -0.39 is 20.5 Å². The van der Waals surface area contributed by atoms with Crippen LogP contribution in [0.3, 0.4) is 0 Å². The first kappa shape index (κ1) is 20.0. The Balaban J connectivity index is 1.67. The Morgan fingerprint density at radius 2 is 1.13 bits per heavy atom. The first-order chi connectivity index (χ1) is 14.8. The Hall–Kier alpha value is -1.66. The van der Waals surface area contributed by atoms with Gasteiger partial charge in [-0.25, -0.2) is 4.90 Å². The summed E-state index contributed by atoms with van der Waals surface area (Å²) in [6.07, 6.45) is 0. The maximum absolute atomic E-state index is 13.9. The molecule has 3 aliphatic carbocycles. The maximum atomic E-state index is 13.9. The Kier molecular flexibility index (Phi) is 4.15. The zero-order valence-corrected chi connectivity index (χ0v) is 20.5. The molecule has 0 aromatic heterocycles. The Labute approximate surface area is 205 Å². The van der Waals surface area contributed by atoms with Crippen LogP contribution >= 0.6 is 55.1 Å². The third-order valence-corrected chi connectivity index (χ3v) is 9.98. The number of carbonyl (C=O) groups is 2. The van der Waals surface area contributed by atoms with Gasteiger partial charge in [-0.1, -0.05) is 104 Å². The number of hydrogen-bond acceptors (Lipinski definition) is 2. The lowest BCUT2D eigenvalue weighted by molar-refractivity contribution is -0.122. The van der Waals surface area contributed by atoms with E-state index in [1.807, 2.05) is 48.5 Å². The van der Waals surface area contributed by atoms with Crippen LogP contribution in [-0.4, -0.2) is 11.8 Å². The minimum atomic E-state index is -0.826. The van der Waals surface area contributed by atoms with Gasteiger partial charge >= 0.3 is 0 Å². The average molecular weight is 578 g/mol. The number of hydrogen-bond donors (Lipinski definition) is 0. The van der Waals surface area contributed by atoms with Crippen molar-refractivity contribution in [3.05, 3.63) is 99.0 Å². The molecule has 1 saturated heterocycles. The predicted octanol–water partition coefficient (Wildman–Crippen LogP) is 6.40. The van der Waals surface area contributed by atoms with Gasteiger partial charge in [-0.05, 0) is 40.5 Å². The molecule has 154 valence electrons. The SMILES string of the molecule is O=C1[C@@H]2[C@H](C(=O)N1c1cc(Cl)ccc1Cl)C1(Br)c3ccccc3C2(Br)c2ccccc21. The standard InChI is InChI=1S/C24H13Br2Cl2NO2/c25-23-13-5-1-2-6-14(13)24(26,16-8-4-3-7-15(16)23)20-19(23)21(30)29(22(20)31)18-11-12(27)9-10-17(18)28/h1-11,19-20H/t19-,20+,23?,24?. The molecule has 0 unspecified atom stereocenters. The molecule has 4 aliphatic rings. The van der Waals surface area contributed by atoms with E-state index in [9.17, 15) is 9.59 Å². The largest absolute Gasteiger partial charge is 0.274 e. The monoisotopic (exact) mass is 575 g/mol. The van der Waals surface area contributed by atoms with E-state index in [-0.39, 0.29) is 11.8 Å². The fourth-order valence-corrected chi connectivity index (χ4v) is 8.23. The van der Waals surface area contributed by atoms with Gasteiger partial charge in [0.2, 0.25) is 11.8 Å². The van der Waals surface area contributed by atoms with Gasteiger partial charge < -0.3 is 0 Å². The average Bonchev–Trinajstić information content (AvgIpc) is 3.05.